The number of hydrogen-bond donors (Lipinski definition) is 1. The van der Waals surface area contributed by atoms with Crippen LogP contribution in [-0.4, -0.2) is 27.4 Å². The maximum atomic E-state index is 4.43. The fourth-order valence-electron chi connectivity index (χ4n) is 2.41. The lowest BCUT2D eigenvalue weighted by molar-refractivity contribution is 0.253. The van der Waals surface area contributed by atoms with Crippen LogP contribution < -0.4 is 5.32 Å². The molecule has 0 aliphatic rings. The molecule has 0 saturated carbocycles. The third-order valence-electron chi connectivity index (χ3n) is 3.58. The molecular formula is C16H32N4. The molecule has 1 atom stereocenters. The minimum absolute atomic E-state index is 0.276. The number of aromatic nitrogens is 3. The standard InChI is InChI=1S/C16H32N4/c1-7-10-17-14(16(4,5)6)8-9-15-18-12-19-20(15)11-13(2)3/h12-14,17H,7-11H2,1-6H3. The molecule has 1 rings (SSSR count). The van der Waals surface area contributed by atoms with E-state index < -0.39 is 0 Å². The average molecular weight is 280 g/mol. The Balaban J connectivity index is 2.61. The van der Waals surface area contributed by atoms with Crippen molar-refractivity contribution in [3.63, 3.8) is 0 Å². The van der Waals surface area contributed by atoms with Gasteiger partial charge in [-0.2, -0.15) is 5.10 Å². The Morgan fingerprint density at radius 3 is 2.55 bits per heavy atom. The Morgan fingerprint density at radius 2 is 2.00 bits per heavy atom. The molecule has 1 aromatic rings. The molecule has 0 bridgehead atoms. The van der Waals surface area contributed by atoms with Gasteiger partial charge in [0.2, 0.25) is 0 Å². The maximum Gasteiger partial charge on any atom is 0.138 e. The van der Waals surface area contributed by atoms with Gasteiger partial charge in [-0.3, -0.25) is 0 Å². The third kappa shape index (κ3) is 5.61. The van der Waals surface area contributed by atoms with E-state index in [-0.39, 0.29) is 5.41 Å². The summed E-state index contributed by atoms with van der Waals surface area (Å²) < 4.78 is 2.06. The predicted octanol–water partition coefficient (Wildman–Crippen LogP) is 3.28. The first-order chi connectivity index (χ1) is 9.34. The number of rotatable bonds is 8. The van der Waals surface area contributed by atoms with Gasteiger partial charge in [0.1, 0.15) is 12.2 Å². The second kappa shape index (κ2) is 7.77. The molecule has 1 N–H and O–H groups in total. The molecule has 1 unspecified atom stereocenters. The zero-order valence-corrected chi connectivity index (χ0v) is 14.1. The van der Waals surface area contributed by atoms with E-state index in [1.54, 1.807) is 6.33 Å². The first-order valence-corrected chi connectivity index (χ1v) is 7.94. The third-order valence-corrected chi connectivity index (χ3v) is 3.58. The first-order valence-electron chi connectivity index (χ1n) is 7.94. The summed E-state index contributed by atoms with van der Waals surface area (Å²) in [6, 6.07) is 0.520. The summed E-state index contributed by atoms with van der Waals surface area (Å²) in [4.78, 5) is 4.43. The highest BCUT2D eigenvalue weighted by Gasteiger charge is 2.24. The van der Waals surface area contributed by atoms with Crippen molar-refractivity contribution in [1.82, 2.24) is 20.1 Å². The van der Waals surface area contributed by atoms with Gasteiger partial charge >= 0.3 is 0 Å². The molecule has 20 heavy (non-hydrogen) atoms. The zero-order chi connectivity index (χ0) is 15.2. The number of nitrogens with one attached hydrogen (secondary N) is 1. The second-order valence-electron chi connectivity index (χ2n) is 7.16. The minimum atomic E-state index is 0.276. The number of aryl methyl sites for hydroxylation is 1. The summed E-state index contributed by atoms with van der Waals surface area (Å²) in [6.07, 6.45) is 4.96. The van der Waals surface area contributed by atoms with Crippen molar-refractivity contribution in [2.24, 2.45) is 11.3 Å². The molecule has 0 fully saturated rings. The van der Waals surface area contributed by atoms with Crippen LogP contribution in [0.5, 0.6) is 0 Å². The largest absolute Gasteiger partial charge is 0.313 e. The molecule has 1 aromatic heterocycles. The molecular weight excluding hydrogens is 248 g/mol. The normalized spacial score (nSPS) is 13.9. The first kappa shape index (κ1) is 17.2. The molecule has 0 aliphatic heterocycles. The highest BCUT2D eigenvalue weighted by molar-refractivity contribution is 4.89. The van der Waals surface area contributed by atoms with Crippen LogP contribution >= 0.6 is 0 Å². The highest BCUT2D eigenvalue weighted by atomic mass is 15.3. The molecule has 4 nitrogen and oxygen atoms in total. The predicted molar refractivity (Wildman–Crippen MR) is 84.7 cm³/mol. The SMILES string of the molecule is CCCNC(CCc1ncnn1CC(C)C)C(C)(C)C. The van der Waals surface area contributed by atoms with E-state index in [9.17, 15) is 0 Å². The van der Waals surface area contributed by atoms with E-state index in [1.807, 2.05) is 0 Å². The van der Waals surface area contributed by atoms with Crippen molar-refractivity contribution in [3.05, 3.63) is 12.2 Å². The number of nitrogens with zero attached hydrogens (tertiary/aromatic N) is 3. The Morgan fingerprint density at radius 1 is 1.30 bits per heavy atom. The molecule has 0 aromatic carbocycles. The summed E-state index contributed by atoms with van der Waals surface area (Å²) in [5, 5.41) is 8.02. The van der Waals surface area contributed by atoms with E-state index in [1.165, 1.54) is 6.42 Å². The van der Waals surface area contributed by atoms with E-state index in [0.29, 0.717) is 12.0 Å². The fourth-order valence-corrected chi connectivity index (χ4v) is 2.41. The van der Waals surface area contributed by atoms with Gasteiger partial charge in [-0.05, 0) is 30.7 Å². The van der Waals surface area contributed by atoms with Gasteiger partial charge in [0.25, 0.3) is 0 Å². The molecule has 0 spiro atoms. The van der Waals surface area contributed by atoms with Gasteiger partial charge < -0.3 is 5.32 Å². The van der Waals surface area contributed by atoms with Crippen molar-refractivity contribution in [1.29, 1.82) is 0 Å². The zero-order valence-electron chi connectivity index (χ0n) is 14.1. The van der Waals surface area contributed by atoms with Crippen LogP contribution in [-0.2, 0) is 13.0 Å². The summed E-state index contributed by atoms with van der Waals surface area (Å²) in [7, 11) is 0. The van der Waals surface area contributed by atoms with Gasteiger partial charge in [0.15, 0.2) is 0 Å². The van der Waals surface area contributed by atoms with Crippen LogP contribution in [0.1, 0.15) is 60.2 Å². The topological polar surface area (TPSA) is 42.7 Å². The maximum absolute atomic E-state index is 4.43. The molecule has 116 valence electrons. The van der Waals surface area contributed by atoms with E-state index >= 15 is 0 Å². The molecule has 0 aliphatic carbocycles. The summed E-state index contributed by atoms with van der Waals surface area (Å²) in [5.41, 5.74) is 0.276. The van der Waals surface area contributed by atoms with Crippen molar-refractivity contribution >= 4 is 0 Å². The second-order valence-corrected chi connectivity index (χ2v) is 7.16. The van der Waals surface area contributed by atoms with Crippen molar-refractivity contribution < 1.29 is 0 Å². The summed E-state index contributed by atoms with van der Waals surface area (Å²) >= 11 is 0. The molecule has 1 heterocycles. The van der Waals surface area contributed by atoms with Crippen LogP contribution in [0.25, 0.3) is 0 Å². The van der Waals surface area contributed by atoms with Crippen LogP contribution in [0, 0.1) is 11.3 Å². The van der Waals surface area contributed by atoms with E-state index in [2.05, 4.69) is 61.6 Å². The Kier molecular flexibility index (Phi) is 6.66. The fraction of sp³-hybridized carbons (Fsp3) is 0.875. The van der Waals surface area contributed by atoms with Gasteiger partial charge in [-0.1, -0.05) is 41.5 Å². The Labute approximate surface area is 124 Å². The van der Waals surface area contributed by atoms with E-state index in [4.69, 9.17) is 0 Å². The van der Waals surface area contributed by atoms with Crippen LogP contribution in [0.3, 0.4) is 0 Å². The van der Waals surface area contributed by atoms with Gasteiger partial charge in [0, 0.05) is 19.0 Å². The van der Waals surface area contributed by atoms with E-state index in [0.717, 1.165) is 31.8 Å². The molecule has 0 saturated heterocycles. The smallest absolute Gasteiger partial charge is 0.138 e. The van der Waals surface area contributed by atoms with Crippen LogP contribution in [0.4, 0.5) is 0 Å². The Bertz CT molecular complexity index is 376. The quantitative estimate of drug-likeness (QED) is 0.794. The van der Waals surface area contributed by atoms with Gasteiger partial charge in [0.05, 0.1) is 0 Å². The minimum Gasteiger partial charge on any atom is -0.313 e. The van der Waals surface area contributed by atoms with Crippen LogP contribution in [0.2, 0.25) is 0 Å². The summed E-state index contributed by atoms with van der Waals surface area (Å²) in [5.74, 6) is 1.72. The lowest BCUT2D eigenvalue weighted by Crippen LogP contribution is -2.41. The highest BCUT2D eigenvalue weighted by Crippen LogP contribution is 2.23. The van der Waals surface area contributed by atoms with Crippen molar-refractivity contribution in [2.75, 3.05) is 6.54 Å². The molecule has 4 heteroatoms. The average Bonchev–Trinajstić information content (AvgIpc) is 2.74. The molecule has 0 radical (unpaired) electrons. The number of hydrogen-bond acceptors (Lipinski definition) is 3. The monoisotopic (exact) mass is 280 g/mol. The van der Waals surface area contributed by atoms with Gasteiger partial charge in [-0.25, -0.2) is 9.67 Å². The van der Waals surface area contributed by atoms with Crippen LogP contribution in [0.15, 0.2) is 6.33 Å². The van der Waals surface area contributed by atoms with Crippen molar-refractivity contribution in [2.45, 2.75) is 73.4 Å². The van der Waals surface area contributed by atoms with Gasteiger partial charge in [-0.15, -0.1) is 0 Å². The lowest BCUT2D eigenvalue weighted by atomic mass is 9.84. The Hall–Kier alpha value is -0.900. The molecule has 0 amide bonds. The summed E-state index contributed by atoms with van der Waals surface area (Å²) in [6.45, 7) is 15.6. The van der Waals surface area contributed by atoms with Crippen molar-refractivity contribution in [3.8, 4) is 0 Å². The lowest BCUT2D eigenvalue weighted by Gasteiger charge is -2.31.